The van der Waals surface area contributed by atoms with Gasteiger partial charge in [0.25, 0.3) is 0 Å². The number of halogens is 1. The fourth-order valence-electron chi connectivity index (χ4n) is 5.28. The number of benzene rings is 3. The van der Waals surface area contributed by atoms with Gasteiger partial charge in [0, 0.05) is 34.8 Å². The van der Waals surface area contributed by atoms with Crippen molar-refractivity contribution in [2.45, 2.75) is 39.3 Å². The lowest BCUT2D eigenvalue weighted by Gasteiger charge is -2.32. The lowest BCUT2D eigenvalue weighted by Crippen LogP contribution is -2.35. The van der Waals surface area contributed by atoms with Gasteiger partial charge >= 0.3 is 0 Å². The fourth-order valence-corrected chi connectivity index (χ4v) is 5.41. The Balaban J connectivity index is 1.45. The van der Waals surface area contributed by atoms with Crippen molar-refractivity contribution in [2.24, 2.45) is 5.92 Å². The minimum Gasteiger partial charge on any atom is -0.508 e. The molecule has 2 aliphatic rings. The Morgan fingerprint density at radius 1 is 1.16 bits per heavy atom. The van der Waals surface area contributed by atoms with Crippen molar-refractivity contribution in [1.29, 1.82) is 5.26 Å². The average molecular weight is 515 g/mol. The minimum absolute atomic E-state index is 0.0336. The number of hydrogen-bond acceptors (Lipinski definition) is 5. The molecule has 6 heteroatoms. The van der Waals surface area contributed by atoms with Crippen molar-refractivity contribution in [2.75, 3.05) is 19.7 Å². The number of fused-ring (bicyclic) bond motifs is 1. The topological polar surface area (TPSA) is 65.7 Å². The Hall–Kier alpha value is -3.46. The van der Waals surface area contributed by atoms with Crippen LogP contribution in [-0.2, 0) is 0 Å². The van der Waals surface area contributed by atoms with Gasteiger partial charge in [-0.3, -0.25) is 4.90 Å². The second kappa shape index (κ2) is 10.5. The number of allylic oxidation sites excluding steroid dienone is 1. The first kappa shape index (κ1) is 25.2. The summed E-state index contributed by atoms with van der Waals surface area (Å²) in [6.45, 7) is 9.42. The van der Waals surface area contributed by atoms with Crippen LogP contribution in [0.1, 0.15) is 55.5 Å². The van der Waals surface area contributed by atoms with E-state index in [4.69, 9.17) is 21.1 Å². The molecule has 5 rings (SSSR count). The zero-order valence-electron chi connectivity index (χ0n) is 21.4. The van der Waals surface area contributed by atoms with Gasteiger partial charge in [0.1, 0.15) is 36.0 Å². The number of aromatic hydroxyl groups is 1. The number of phenolic OH excluding ortho intramolecular Hbond substituents is 1. The van der Waals surface area contributed by atoms with Gasteiger partial charge in [0.15, 0.2) is 0 Å². The molecule has 3 aromatic carbocycles. The molecule has 0 spiro atoms. The van der Waals surface area contributed by atoms with Crippen molar-refractivity contribution in [3.05, 3.63) is 87.9 Å². The van der Waals surface area contributed by atoms with Crippen LogP contribution in [0.3, 0.4) is 0 Å². The van der Waals surface area contributed by atoms with Gasteiger partial charge in [-0.2, -0.15) is 5.26 Å². The second-order valence-electron chi connectivity index (χ2n) is 10.1. The summed E-state index contributed by atoms with van der Waals surface area (Å²) in [7, 11) is 0. The van der Waals surface area contributed by atoms with E-state index in [1.54, 1.807) is 6.07 Å². The third kappa shape index (κ3) is 5.18. The number of phenols is 1. The zero-order chi connectivity index (χ0) is 26.1. The van der Waals surface area contributed by atoms with Crippen LogP contribution >= 0.6 is 11.6 Å². The Bertz CT molecular complexity index is 1360. The quantitative estimate of drug-likeness (QED) is 0.380. The highest BCUT2D eigenvalue weighted by atomic mass is 35.5. The van der Waals surface area contributed by atoms with Crippen molar-refractivity contribution in [1.82, 2.24) is 4.90 Å². The molecule has 190 valence electrons. The van der Waals surface area contributed by atoms with E-state index in [2.05, 4.69) is 24.8 Å². The molecular formula is C31H31ClN2O3. The SMILES string of the molecule is CC1=C(c2ccc(Cl)cc2)C(c2ccc(OCC(C)N3CCC(C)C3)cc2)Oc2c(C#N)cc(O)cc21. The number of rotatable bonds is 6. The van der Waals surface area contributed by atoms with Crippen molar-refractivity contribution in [3.8, 4) is 23.3 Å². The third-order valence-corrected chi connectivity index (χ3v) is 7.66. The highest BCUT2D eigenvalue weighted by Crippen LogP contribution is 2.49. The first-order chi connectivity index (χ1) is 17.8. The Kier molecular flexibility index (Phi) is 7.15. The standard InChI is InChI=1S/C31H31ClN2O3/c1-19-12-13-34(17-19)20(2)18-36-27-10-6-23(7-11-27)31-29(22-4-8-25(32)9-5-22)21(3)28-15-26(35)14-24(16-33)30(28)37-31/h4-11,14-15,19-20,31,35H,12-13,17-18H2,1-3H3. The molecule has 2 aliphatic heterocycles. The van der Waals surface area contributed by atoms with Crippen LogP contribution in [0.2, 0.25) is 5.02 Å². The van der Waals surface area contributed by atoms with Gasteiger partial charge in [-0.15, -0.1) is 0 Å². The van der Waals surface area contributed by atoms with Crippen LogP contribution in [0, 0.1) is 17.2 Å². The Morgan fingerprint density at radius 3 is 2.54 bits per heavy atom. The summed E-state index contributed by atoms with van der Waals surface area (Å²) in [5, 5.41) is 20.6. The first-order valence-corrected chi connectivity index (χ1v) is 13.1. The average Bonchev–Trinajstić information content (AvgIpc) is 3.34. The highest BCUT2D eigenvalue weighted by molar-refractivity contribution is 6.30. The predicted molar refractivity (Wildman–Crippen MR) is 147 cm³/mol. The summed E-state index contributed by atoms with van der Waals surface area (Å²) < 4.78 is 12.6. The van der Waals surface area contributed by atoms with Gasteiger partial charge < -0.3 is 14.6 Å². The van der Waals surface area contributed by atoms with E-state index in [1.165, 1.54) is 12.5 Å². The largest absolute Gasteiger partial charge is 0.508 e. The molecule has 1 saturated heterocycles. The summed E-state index contributed by atoms with van der Waals surface area (Å²) in [6, 6.07) is 21.2. The van der Waals surface area contributed by atoms with Crippen LogP contribution in [0.15, 0.2) is 60.7 Å². The number of likely N-dealkylation sites (tertiary alicyclic amines) is 1. The van der Waals surface area contributed by atoms with Crippen molar-refractivity contribution >= 4 is 22.7 Å². The summed E-state index contributed by atoms with van der Waals surface area (Å²) in [4.78, 5) is 2.49. The second-order valence-corrected chi connectivity index (χ2v) is 10.6. The maximum Gasteiger partial charge on any atom is 0.150 e. The molecule has 0 saturated carbocycles. The van der Waals surface area contributed by atoms with E-state index in [9.17, 15) is 10.4 Å². The summed E-state index contributed by atoms with van der Waals surface area (Å²) in [6.07, 6.45) is 0.809. The summed E-state index contributed by atoms with van der Waals surface area (Å²) in [5.41, 5.74) is 4.83. The molecule has 3 atom stereocenters. The number of nitriles is 1. The highest BCUT2D eigenvalue weighted by Gasteiger charge is 2.31. The lowest BCUT2D eigenvalue weighted by molar-refractivity contribution is 0.169. The molecule has 0 aromatic heterocycles. The van der Waals surface area contributed by atoms with E-state index >= 15 is 0 Å². The van der Waals surface area contributed by atoms with Crippen LogP contribution in [0.4, 0.5) is 0 Å². The van der Waals surface area contributed by atoms with E-state index in [0.717, 1.165) is 47.0 Å². The third-order valence-electron chi connectivity index (χ3n) is 7.41. The predicted octanol–water partition coefficient (Wildman–Crippen LogP) is 7.09. The van der Waals surface area contributed by atoms with E-state index in [0.29, 0.717) is 34.5 Å². The normalized spacial score (nSPS) is 20.2. The van der Waals surface area contributed by atoms with E-state index in [-0.39, 0.29) is 5.75 Å². The molecular weight excluding hydrogens is 484 g/mol. The van der Waals surface area contributed by atoms with E-state index in [1.807, 2.05) is 55.5 Å². The smallest absolute Gasteiger partial charge is 0.150 e. The molecule has 3 unspecified atom stereocenters. The monoisotopic (exact) mass is 514 g/mol. The molecule has 2 heterocycles. The maximum absolute atomic E-state index is 10.2. The van der Waals surface area contributed by atoms with Crippen LogP contribution in [-0.4, -0.2) is 35.7 Å². The molecule has 3 aromatic rings. The van der Waals surface area contributed by atoms with Gasteiger partial charge in [0.2, 0.25) is 0 Å². The Labute approximate surface area is 223 Å². The maximum atomic E-state index is 10.2. The molecule has 5 nitrogen and oxygen atoms in total. The fraction of sp³-hybridized carbons (Fsp3) is 0.323. The molecule has 0 amide bonds. The molecule has 1 N–H and O–H groups in total. The molecule has 0 radical (unpaired) electrons. The number of hydrogen-bond donors (Lipinski definition) is 1. The van der Waals surface area contributed by atoms with Gasteiger partial charge in [-0.05, 0) is 79.8 Å². The summed E-state index contributed by atoms with van der Waals surface area (Å²) >= 11 is 6.17. The molecule has 1 fully saturated rings. The lowest BCUT2D eigenvalue weighted by atomic mass is 9.85. The number of ether oxygens (including phenoxy) is 2. The molecule has 0 bridgehead atoms. The molecule has 0 aliphatic carbocycles. The van der Waals surface area contributed by atoms with E-state index < -0.39 is 6.10 Å². The first-order valence-electron chi connectivity index (χ1n) is 12.7. The zero-order valence-corrected chi connectivity index (χ0v) is 22.1. The van der Waals surface area contributed by atoms with Crippen LogP contribution < -0.4 is 9.47 Å². The van der Waals surface area contributed by atoms with Gasteiger partial charge in [0.05, 0.1) is 5.56 Å². The molecule has 37 heavy (non-hydrogen) atoms. The van der Waals surface area contributed by atoms with Crippen LogP contribution in [0.25, 0.3) is 11.1 Å². The minimum atomic E-state index is -0.440. The summed E-state index contributed by atoms with van der Waals surface area (Å²) in [5.74, 6) is 2.08. The van der Waals surface area contributed by atoms with Gasteiger partial charge in [-0.25, -0.2) is 0 Å². The number of nitrogens with zero attached hydrogens (tertiary/aromatic N) is 2. The van der Waals surface area contributed by atoms with Crippen LogP contribution in [0.5, 0.6) is 17.2 Å². The van der Waals surface area contributed by atoms with Crippen molar-refractivity contribution in [3.63, 3.8) is 0 Å². The van der Waals surface area contributed by atoms with Gasteiger partial charge in [-0.1, -0.05) is 42.8 Å². The Morgan fingerprint density at radius 2 is 1.89 bits per heavy atom. The van der Waals surface area contributed by atoms with Crippen molar-refractivity contribution < 1.29 is 14.6 Å².